The first-order chi connectivity index (χ1) is 14.1. The molecule has 1 N–H and O–H groups in total. The number of ether oxygens (including phenoxy) is 3. The van der Waals surface area contributed by atoms with Gasteiger partial charge in [-0.15, -0.1) is 0 Å². The number of carbonyl (C=O) groups is 2. The summed E-state index contributed by atoms with van der Waals surface area (Å²) in [6.45, 7) is 8.66. The molecular formula is C19H26F2N3O6. The molecular weight excluding hydrogens is 404 g/mol. The lowest BCUT2D eigenvalue weighted by Gasteiger charge is -2.24. The monoisotopic (exact) mass is 430 g/mol. The number of hydrogen-bond donors (Lipinski definition) is 1. The van der Waals surface area contributed by atoms with Crippen molar-refractivity contribution in [2.75, 3.05) is 11.9 Å². The van der Waals surface area contributed by atoms with Crippen LogP contribution in [0.5, 0.6) is 0 Å². The van der Waals surface area contributed by atoms with E-state index in [2.05, 4.69) is 17.2 Å². The molecule has 1 saturated heterocycles. The van der Waals surface area contributed by atoms with Crippen molar-refractivity contribution in [3.8, 4) is 0 Å². The van der Waals surface area contributed by atoms with Crippen LogP contribution in [0, 0.1) is 12.8 Å². The minimum atomic E-state index is -3.73. The number of unbranched alkanes of at least 4 members (excludes halogenated alkanes) is 2. The number of carbonyl (C=O) groups excluding carboxylic acids is 2. The second-order valence-electron chi connectivity index (χ2n) is 7.18. The number of anilines is 1. The second-order valence-corrected chi connectivity index (χ2v) is 7.18. The van der Waals surface area contributed by atoms with Crippen LogP contribution in [0.2, 0.25) is 0 Å². The molecule has 9 nitrogen and oxygen atoms in total. The molecule has 167 valence electrons. The van der Waals surface area contributed by atoms with Gasteiger partial charge in [0.15, 0.2) is 6.10 Å². The van der Waals surface area contributed by atoms with Gasteiger partial charge in [0.2, 0.25) is 6.23 Å². The fourth-order valence-corrected chi connectivity index (χ4v) is 2.70. The first-order valence-electron chi connectivity index (χ1n) is 9.67. The summed E-state index contributed by atoms with van der Waals surface area (Å²) in [5.74, 6) is -5.34. The first kappa shape index (κ1) is 23.7. The van der Waals surface area contributed by atoms with Gasteiger partial charge < -0.3 is 14.2 Å². The Morgan fingerprint density at radius 1 is 1.40 bits per heavy atom. The summed E-state index contributed by atoms with van der Waals surface area (Å²) in [4.78, 5) is 39.2. The van der Waals surface area contributed by atoms with Gasteiger partial charge in [0.05, 0.1) is 12.5 Å². The number of nitrogens with zero attached hydrogens (tertiary/aromatic N) is 2. The average Bonchev–Trinajstić information content (AvgIpc) is 2.88. The molecule has 0 bridgehead atoms. The Labute approximate surface area is 172 Å². The summed E-state index contributed by atoms with van der Waals surface area (Å²) >= 11 is 0. The van der Waals surface area contributed by atoms with Gasteiger partial charge in [-0.25, -0.2) is 9.59 Å². The molecule has 1 aromatic heterocycles. The van der Waals surface area contributed by atoms with Crippen molar-refractivity contribution in [2.24, 2.45) is 5.92 Å². The minimum absolute atomic E-state index is 0.160. The van der Waals surface area contributed by atoms with Gasteiger partial charge in [-0.1, -0.05) is 33.6 Å². The van der Waals surface area contributed by atoms with E-state index in [1.54, 1.807) is 0 Å². The van der Waals surface area contributed by atoms with Gasteiger partial charge in [-0.2, -0.15) is 13.8 Å². The van der Waals surface area contributed by atoms with Gasteiger partial charge >= 0.3 is 23.7 Å². The Hall–Kier alpha value is -2.56. The van der Waals surface area contributed by atoms with Gasteiger partial charge in [0.1, 0.15) is 11.9 Å². The largest absolute Gasteiger partial charge is 0.453 e. The molecule has 0 saturated carbocycles. The maximum atomic E-state index is 14.8. The van der Waals surface area contributed by atoms with E-state index >= 15 is 0 Å². The summed E-state index contributed by atoms with van der Waals surface area (Å²) in [6.07, 6.45) is -2.67. The fourth-order valence-electron chi connectivity index (χ4n) is 2.70. The molecule has 1 aliphatic heterocycles. The third-order valence-corrected chi connectivity index (χ3v) is 4.36. The zero-order chi connectivity index (χ0) is 22.5. The molecule has 0 aliphatic carbocycles. The van der Waals surface area contributed by atoms with Gasteiger partial charge in [0.25, 0.3) is 0 Å². The van der Waals surface area contributed by atoms with Crippen molar-refractivity contribution < 1.29 is 32.6 Å². The number of hydrogen-bond acceptors (Lipinski definition) is 7. The van der Waals surface area contributed by atoms with E-state index in [1.165, 1.54) is 13.8 Å². The number of nitrogens with one attached hydrogen (secondary N) is 1. The highest BCUT2D eigenvalue weighted by atomic mass is 19.3. The number of esters is 1. The van der Waals surface area contributed by atoms with Crippen LogP contribution in [0.4, 0.5) is 19.4 Å². The zero-order valence-electron chi connectivity index (χ0n) is 17.1. The van der Waals surface area contributed by atoms with Crippen molar-refractivity contribution >= 4 is 17.9 Å². The Bertz CT molecular complexity index is 814. The SMILES string of the molecule is [CH2][C@H]1O[C@@H](n2ccc(NC(=O)OCCCCC)nc2=O)C(F)(F)[C@@H]1OC(=O)C(C)C. The smallest absolute Gasteiger partial charge is 0.412 e. The molecule has 0 aromatic carbocycles. The predicted molar refractivity (Wildman–Crippen MR) is 102 cm³/mol. The van der Waals surface area contributed by atoms with E-state index < -0.39 is 48.0 Å². The Morgan fingerprint density at radius 2 is 2.10 bits per heavy atom. The lowest BCUT2D eigenvalue weighted by Crippen LogP contribution is -2.44. The number of aromatic nitrogens is 2. The van der Waals surface area contributed by atoms with Crippen LogP contribution < -0.4 is 11.0 Å². The Morgan fingerprint density at radius 3 is 2.70 bits per heavy atom. The van der Waals surface area contributed by atoms with Crippen LogP contribution in [0.1, 0.15) is 46.3 Å². The number of alkyl halides is 2. The van der Waals surface area contributed by atoms with Crippen molar-refractivity contribution in [3.05, 3.63) is 29.7 Å². The molecule has 2 rings (SSSR count). The van der Waals surface area contributed by atoms with E-state index in [9.17, 15) is 23.2 Å². The summed E-state index contributed by atoms with van der Waals surface area (Å²) in [5, 5.41) is 2.26. The number of halogens is 2. The molecule has 1 aliphatic rings. The van der Waals surface area contributed by atoms with Gasteiger partial charge in [-0.3, -0.25) is 14.7 Å². The quantitative estimate of drug-likeness (QED) is 0.499. The first-order valence-corrected chi connectivity index (χ1v) is 9.67. The van der Waals surface area contributed by atoms with Gasteiger partial charge in [-0.05, 0) is 19.4 Å². The van der Waals surface area contributed by atoms with Crippen molar-refractivity contribution in [1.82, 2.24) is 9.55 Å². The summed E-state index contributed by atoms with van der Waals surface area (Å²) in [5.41, 5.74) is -1.09. The lowest BCUT2D eigenvalue weighted by atomic mass is 10.1. The van der Waals surface area contributed by atoms with E-state index in [0.29, 0.717) is 11.0 Å². The summed E-state index contributed by atoms with van der Waals surface area (Å²) < 4.78 is 45.0. The highest BCUT2D eigenvalue weighted by Gasteiger charge is 2.61. The van der Waals surface area contributed by atoms with E-state index in [1.807, 2.05) is 6.92 Å². The van der Waals surface area contributed by atoms with E-state index in [-0.39, 0.29) is 12.4 Å². The molecule has 11 heteroatoms. The van der Waals surface area contributed by atoms with Gasteiger partial charge in [0, 0.05) is 6.20 Å². The molecule has 0 spiro atoms. The second kappa shape index (κ2) is 9.96. The average molecular weight is 430 g/mol. The predicted octanol–water partition coefficient (Wildman–Crippen LogP) is 2.92. The zero-order valence-corrected chi connectivity index (χ0v) is 17.1. The molecule has 1 fully saturated rings. The van der Waals surface area contributed by atoms with Crippen molar-refractivity contribution in [2.45, 2.75) is 64.4 Å². The Balaban J connectivity index is 2.10. The third-order valence-electron chi connectivity index (χ3n) is 4.36. The van der Waals surface area contributed by atoms with Crippen LogP contribution in [0.15, 0.2) is 17.1 Å². The highest BCUT2D eigenvalue weighted by Crippen LogP contribution is 2.43. The number of rotatable bonds is 8. The summed E-state index contributed by atoms with van der Waals surface area (Å²) in [6, 6.07) is 1.15. The fraction of sp³-hybridized carbons (Fsp3) is 0.632. The standard InChI is InChI=1S/C19H26F2N3O6/c1-5-6-7-10-28-18(27)23-13-8-9-24(17(26)22-13)16-19(20,21)14(12(4)29-16)30-15(25)11(2)3/h8-9,11-12,14,16H,4-7,10H2,1-3H3,(H,22,23,26,27)/t12-,14-,16-/m1/s1. The lowest BCUT2D eigenvalue weighted by molar-refractivity contribution is -0.178. The molecule has 30 heavy (non-hydrogen) atoms. The third kappa shape index (κ3) is 5.53. The highest BCUT2D eigenvalue weighted by molar-refractivity contribution is 5.83. The maximum absolute atomic E-state index is 14.8. The molecule has 2 heterocycles. The topological polar surface area (TPSA) is 109 Å². The van der Waals surface area contributed by atoms with E-state index in [4.69, 9.17) is 14.2 Å². The van der Waals surface area contributed by atoms with Crippen LogP contribution >= 0.6 is 0 Å². The molecule has 1 radical (unpaired) electrons. The normalized spacial score (nSPS) is 22.7. The minimum Gasteiger partial charge on any atom is -0.453 e. The van der Waals surface area contributed by atoms with Crippen LogP contribution in [0.25, 0.3) is 0 Å². The van der Waals surface area contributed by atoms with E-state index in [0.717, 1.165) is 25.1 Å². The summed E-state index contributed by atoms with van der Waals surface area (Å²) in [7, 11) is 0. The van der Waals surface area contributed by atoms with Crippen LogP contribution in [0.3, 0.4) is 0 Å². The molecule has 1 amide bonds. The molecule has 1 aromatic rings. The molecule has 3 atom stereocenters. The van der Waals surface area contributed by atoms with Crippen molar-refractivity contribution in [1.29, 1.82) is 0 Å². The Kier molecular flexibility index (Phi) is 7.88. The number of amides is 1. The van der Waals surface area contributed by atoms with Crippen LogP contribution in [-0.2, 0) is 19.0 Å². The maximum Gasteiger partial charge on any atom is 0.412 e. The van der Waals surface area contributed by atoms with Crippen LogP contribution in [-0.4, -0.2) is 46.4 Å². The molecule has 0 unspecified atom stereocenters. The van der Waals surface area contributed by atoms with Crippen molar-refractivity contribution in [3.63, 3.8) is 0 Å².